The van der Waals surface area contributed by atoms with E-state index in [0.717, 1.165) is 35.0 Å². The number of ether oxygens (including phenoxy) is 1. The summed E-state index contributed by atoms with van der Waals surface area (Å²) in [6, 6.07) is 5.87. The van der Waals surface area contributed by atoms with Gasteiger partial charge in [-0.3, -0.25) is 4.79 Å². The quantitative estimate of drug-likeness (QED) is 0.763. The molecule has 0 bridgehead atoms. The van der Waals surface area contributed by atoms with Crippen molar-refractivity contribution in [3.8, 4) is 5.75 Å². The van der Waals surface area contributed by atoms with Crippen LogP contribution in [0.3, 0.4) is 0 Å². The van der Waals surface area contributed by atoms with Gasteiger partial charge in [-0.15, -0.1) is 0 Å². The monoisotopic (exact) mass is 342 g/mol. The molecule has 0 aliphatic rings. The molecule has 0 spiro atoms. The Kier molecular flexibility index (Phi) is 7.62. The number of rotatable bonds is 8. The smallest absolute Gasteiger partial charge is 0.257 e. The van der Waals surface area contributed by atoms with Crippen LogP contribution in [0.25, 0.3) is 0 Å². The van der Waals surface area contributed by atoms with Crippen molar-refractivity contribution >= 4 is 21.8 Å². The molecule has 1 amide bonds. The minimum atomic E-state index is -0.0968. The van der Waals surface area contributed by atoms with Crippen LogP contribution in [0.2, 0.25) is 0 Å². The lowest BCUT2D eigenvalue weighted by Crippen LogP contribution is -2.29. The highest BCUT2D eigenvalue weighted by atomic mass is 79.9. The van der Waals surface area contributed by atoms with Crippen molar-refractivity contribution in [3.63, 3.8) is 0 Å². The average molecular weight is 343 g/mol. The second-order valence-electron chi connectivity index (χ2n) is 4.76. The number of hydrogen-bond acceptors (Lipinski definition) is 3. The van der Waals surface area contributed by atoms with Crippen LogP contribution in [0, 0.1) is 0 Å². The first-order chi connectivity index (χ1) is 9.56. The Hall–Kier alpha value is -1.07. The van der Waals surface area contributed by atoms with E-state index < -0.39 is 0 Å². The van der Waals surface area contributed by atoms with E-state index in [9.17, 15) is 4.79 Å². The Bertz CT molecular complexity index is 438. The van der Waals surface area contributed by atoms with Crippen LogP contribution in [0.4, 0.5) is 0 Å². The molecule has 0 aromatic heterocycles. The molecule has 1 atom stereocenters. The number of carbonyl (C=O) groups excluding carboxylic acids is 1. The molecular formula is C15H23BrN2O2. The number of nitrogens with two attached hydrogens (primary N) is 1. The van der Waals surface area contributed by atoms with Gasteiger partial charge in [0.2, 0.25) is 0 Å². The van der Waals surface area contributed by atoms with Crippen LogP contribution in [0.5, 0.6) is 5.75 Å². The number of nitrogens with one attached hydrogen (secondary N) is 1. The van der Waals surface area contributed by atoms with E-state index in [2.05, 4.69) is 28.2 Å². The van der Waals surface area contributed by atoms with Gasteiger partial charge < -0.3 is 15.8 Å². The maximum absolute atomic E-state index is 11.6. The zero-order chi connectivity index (χ0) is 15.0. The molecule has 1 unspecified atom stereocenters. The van der Waals surface area contributed by atoms with Crippen LogP contribution < -0.4 is 15.8 Å². The third kappa shape index (κ3) is 5.92. The van der Waals surface area contributed by atoms with Gasteiger partial charge >= 0.3 is 0 Å². The van der Waals surface area contributed by atoms with E-state index in [4.69, 9.17) is 10.5 Å². The lowest BCUT2D eigenvalue weighted by molar-refractivity contribution is -0.123. The average Bonchev–Trinajstić information content (AvgIpc) is 2.44. The van der Waals surface area contributed by atoms with E-state index in [1.165, 1.54) is 0 Å². The minimum absolute atomic E-state index is 0.0377. The maximum atomic E-state index is 11.6. The Morgan fingerprint density at radius 2 is 2.20 bits per heavy atom. The summed E-state index contributed by atoms with van der Waals surface area (Å²) in [5, 5.41) is 2.79. The van der Waals surface area contributed by atoms with Gasteiger partial charge in [0.1, 0.15) is 5.75 Å². The molecule has 3 N–H and O–H groups in total. The van der Waals surface area contributed by atoms with E-state index in [1.807, 2.05) is 25.1 Å². The van der Waals surface area contributed by atoms with E-state index in [1.54, 1.807) is 0 Å². The Morgan fingerprint density at radius 3 is 2.85 bits per heavy atom. The van der Waals surface area contributed by atoms with Crippen LogP contribution >= 0.6 is 15.9 Å². The molecule has 0 heterocycles. The van der Waals surface area contributed by atoms with Crippen molar-refractivity contribution in [1.29, 1.82) is 0 Å². The van der Waals surface area contributed by atoms with Crippen molar-refractivity contribution in [2.75, 3.05) is 13.2 Å². The number of benzene rings is 1. The predicted molar refractivity (Wildman–Crippen MR) is 84.9 cm³/mol. The number of halogens is 1. The zero-order valence-corrected chi connectivity index (χ0v) is 13.7. The summed E-state index contributed by atoms with van der Waals surface area (Å²) in [6.07, 6.45) is 2.56. The third-order valence-electron chi connectivity index (χ3n) is 2.96. The van der Waals surface area contributed by atoms with E-state index in [0.29, 0.717) is 6.54 Å². The standard InChI is InChI=1S/C15H23BrN2O2/c1-3-7-18-15(19)10-20-14-6-5-12(16)8-11(14)9-13(17)4-2/h5-6,8,13H,3-4,7,9-10,17H2,1-2H3,(H,18,19). The summed E-state index contributed by atoms with van der Waals surface area (Å²) < 4.78 is 6.59. The summed E-state index contributed by atoms with van der Waals surface area (Å²) in [7, 11) is 0. The summed E-state index contributed by atoms with van der Waals surface area (Å²) in [5.74, 6) is 0.629. The highest BCUT2D eigenvalue weighted by Crippen LogP contribution is 2.24. The SMILES string of the molecule is CCCNC(=O)COc1ccc(Br)cc1CC(N)CC. The molecule has 0 fully saturated rings. The third-order valence-corrected chi connectivity index (χ3v) is 3.45. The Balaban J connectivity index is 2.66. The predicted octanol–water partition coefficient (Wildman–Crippen LogP) is 2.63. The molecule has 1 aromatic rings. The fourth-order valence-corrected chi connectivity index (χ4v) is 2.14. The van der Waals surface area contributed by atoms with Gasteiger partial charge in [-0.1, -0.05) is 29.8 Å². The normalized spacial score (nSPS) is 12.0. The molecule has 0 saturated carbocycles. The molecule has 1 aromatic carbocycles. The van der Waals surface area contributed by atoms with E-state index >= 15 is 0 Å². The zero-order valence-electron chi connectivity index (χ0n) is 12.1. The summed E-state index contributed by atoms with van der Waals surface area (Å²) in [5.41, 5.74) is 7.02. The highest BCUT2D eigenvalue weighted by Gasteiger charge is 2.10. The second-order valence-corrected chi connectivity index (χ2v) is 5.68. The molecule has 5 heteroatoms. The Morgan fingerprint density at radius 1 is 1.45 bits per heavy atom. The van der Waals surface area contributed by atoms with Gasteiger partial charge in [-0.05, 0) is 43.0 Å². The van der Waals surface area contributed by atoms with Crippen molar-refractivity contribution in [3.05, 3.63) is 28.2 Å². The molecule has 0 saturated heterocycles. The van der Waals surface area contributed by atoms with Crippen molar-refractivity contribution < 1.29 is 9.53 Å². The van der Waals surface area contributed by atoms with Crippen LogP contribution in [-0.4, -0.2) is 25.1 Å². The molecule has 0 aliphatic heterocycles. The van der Waals surface area contributed by atoms with Gasteiger partial charge in [-0.25, -0.2) is 0 Å². The van der Waals surface area contributed by atoms with Crippen LogP contribution in [0.1, 0.15) is 32.3 Å². The summed E-state index contributed by atoms with van der Waals surface area (Å²) >= 11 is 3.45. The molecule has 112 valence electrons. The van der Waals surface area contributed by atoms with Crippen LogP contribution in [0.15, 0.2) is 22.7 Å². The van der Waals surface area contributed by atoms with Crippen molar-refractivity contribution in [2.24, 2.45) is 5.73 Å². The largest absolute Gasteiger partial charge is 0.483 e. The molecular weight excluding hydrogens is 320 g/mol. The van der Waals surface area contributed by atoms with Crippen molar-refractivity contribution in [2.45, 2.75) is 39.2 Å². The molecule has 1 rings (SSSR count). The van der Waals surface area contributed by atoms with Crippen LogP contribution in [-0.2, 0) is 11.2 Å². The second kappa shape index (κ2) is 8.97. The van der Waals surface area contributed by atoms with Gasteiger partial charge in [-0.2, -0.15) is 0 Å². The fraction of sp³-hybridized carbons (Fsp3) is 0.533. The number of amides is 1. The van der Waals surface area contributed by atoms with Gasteiger partial charge in [0.25, 0.3) is 5.91 Å². The lowest BCUT2D eigenvalue weighted by Gasteiger charge is -2.14. The maximum Gasteiger partial charge on any atom is 0.257 e. The van der Waals surface area contributed by atoms with Gasteiger partial charge in [0.15, 0.2) is 6.61 Å². The minimum Gasteiger partial charge on any atom is -0.483 e. The molecule has 0 aliphatic carbocycles. The fourth-order valence-electron chi connectivity index (χ4n) is 1.73. The van der Waals surface area contributed by atoms with Gasteiger partial charge in [0.05, 0.1) is 0 Å². The first kappa shape index (κ1) is 17.0. The first-order valence-electron chi connectivity index (χ1n) is 7.00. The van der Waals surface area contributed by atoms with Gasteiger partial charge in [0, 0.05) is 17.1 Å². The van der Waals surface area contributed by atoms with E-state index in [-0.39, 0.29) is 18.6 Å². The first-order valence-corrected chi connectivity index (χ1v) is 7.79. The molecule has 0 radical (unpaired) electrons. The topological polar surface area (TPSA) is 64.3 Å². The highest BCUT2D eigenvalue weighted by molar-refractivity contribution is 9.10. The molecule has 4 nitrogen and oxygen atoms in total. The molecule has 20 heavy (non-hydrogen) atoms. The van der Waals surface area contributed by atoms with Crippen molar-refractivity contribution in [1.82, 2.24) is 5.32 Å². The summed E-state index contributed by atoms with van der Waals surface area (Å²) in [4.78, 5) is 11.6. The lowest BCUT2D eigenvalue weighted by atomic mass is 10.0. The number of carbonyl (C=O) groups is 1. The Labute approximate surface area is 129 Å². The number of hydrogen-bond donors (Lipinski definition) is 2. The summed E-state index contributed by atoms with van der Waals surface area (Å²) in [6.45, 7) is 4.79.